The van der Waals surface area contributed by atoms with E-state index in [2.05, 4.69) is 4.98 Å². The summed E-state index contributed by atoms with van der Waals surface area (Å²) in [5.41, 5.74) is 1.82. The monoisotopic (exact) mass is 306 g/mol. The quantitative estimate of drug-likeness (QED) is 0.778. The van der Waals surface area contributed by atoms with Crippen LogP contribution >= 0.6 is 23.2 Å². The lowest BCUT2D eigenvalue weighted by molar-refractivity contribution is 0.0698. The fraction of sp³-hybridized carbons (Fsp3) is 0. The lowest BCUT2D eigenvalue weighted by Crippen LogP contribution is -1.99. The van der Waals surface area contributed by atoms with E-state index in [1.54, 1.807) is 41.1 Å². The highest BCUT2D eigenvalue weighted by Gasteiger charge is 2.14. The molecule has 0 aliphatic rings. The maximum Gasteiger partial charge on any atom is 0.339 e. The van der Waals surface area contributed by atoms with Crippen molar-refractivity contribution in [3.8, 4) is 11.3 Å². The van der Waals surface area contributed by atoms with Gasteiger partial charge in [-0.2, -0.15) is 0 Å². The van der Waals surface area contributed by atoms with Crippen molar-refractivity contribution in [2.75, 3.05) is 0 Å². The third kappa shape index (κ3) is 2.13. The SMILES string of the molecule is O=C(O)c1cccn2cc(-c3ccc(Cl)cc3Cl)nc12. The number of halogens is 2. The molecule has 0 unspecified atom stereocenters. The average molecular weight is 307 g/mol. The molecule has 0 atom stereocenters. The van der Waals surface area contributed by atoms with Gasteiger partial charge in [0.05, 0.1) is 10.7 Å². The first-order chi connectivity index (χ1) is 9.56. The fourth-order valence-corrected chi connectivity index (χ4v) is 2.51. The number of pyridine rings is 1. The van der Waals surface area contributed by atoms with Gasteiger partial charge >= 0.3 is 5.97 Å². The van der Waals surface area contributed by atoms with Crippen LogP contribution < -0.4 is 0 Å². The van der Waals surface area contributed by atoms with Crippen LogP contribution in [0.4, 0.5) is 0 Å². The molecular weight excluding hydrogens is 299 g/mol. The Balaban J connectivity index is 2.23. The van der Waals surface area contributed by atoms with Crippen LogP contribution in [0.3, 0.4) is 0 Å². The largest absolute Gasteiger partial charge is 0.478 e. The highest BCUT2D eigenvalue weighted by atomic mass is 35.5. The molecule has 0 radical (unpaired) electrons. The van der Waals surface area contributed by atoms with Crippen LogP contribution in [0, 0.1) is 0 Å². The maximum atomic E-state index is 11.2. The van der Waals surface area contributed by atoms with E-state index in [0.29, 0.717) is 26.9 Å². The summed E-state index contributed by atoms with van der Waals surface area (Å²) in [6, 6.07) is 8.27. The molecule has 3 aromatic rings. The number of rotatable bonds is 2. The van der Waals surface area contributed by atoms with Gasteiger partial charge < -0.3 is 9.51 Å². The minimum absolute atomic E-state index is 0.142. The summed E-state index contributed by atoms with van der Waals surface area (Å²) in [6.45, 7) is 0. The minimum atomic E-state index is -1.02. The average Bonchev–Trinajstić information content (AvgIpc) is 2.81. The van der Waals surface area contributed by atoms with E-state index < -0.39 is 5.97 Å². The number of carboxylic acids is 1. The van der Waals surface area contributed by atoms with Crippen molar-refractivity contribution >= 4 is 34.8 Å². The normalized spacial score (nSPS) is 10.9. The van der Waals surface area contributed by atoms with Crippen LogP contribution in [0.15, 0.2) is 42.7 Å². The second kappa shape index (κ2) is 4.81. The Morgan fingerprint density at radius 1 is 1.25 bits per heavy atom. The van der Waals surface area contributed by atoms with Crippen molar-refractivity contribution in [2.45, 2.75) is 0 Å². The van der Waals surface area contributed by atoms with Gasteiger partial charge in [0.25, 0.3) is 0 Å². The van der Waals surface area contributed by atoms with Crippen molar-refractivity contribution in [1.82, 2.24) is 9.38 Å². The fourth-order valence-electron chi connectivity index (χ4n) is 2.01. The third-order valence-electron chi connectivity index (χ3n) is 2.92. The Morgan fingerprint density at radius 2 is 2.05 bits per heavy atom. The molecule has 0 bridgehead atoms. The van der Waals surface area contributed by atoms with E-state index in [0.717, 1.165) is 0 Å². The highest BCUT2D eigenvalue weighted by molar-refractivity contribution is 6.36. The third-order valence-corrected chi connectivity index (χ3v) is 3.47. The second-order valence-electron chi connectivity index (χ2n) is 4.21. The summed E-state index contributed by atoms with van der Waals surface area (Å²) in [6.07, 6.45) is 3.47. The molecule has 0 saturated heterocycles. The van der Waals surface area contributed by atoms with E-state index >= 15 is 0 Å². The molecular formula is C14H8Cl2N2O2. The number of benzene rings is 1. The molecule has 1 aromatic carbocycles. The molecule has 0 fully saturated rings. The zero-order chi connectivity index (χ0) is 14.3. The number of nitrogens with zero attached hydrogens (tertiary/aromatic N) is 2. The lowest BCUT2D eigenvalue weighted by Gasteiger charge is -2.00. The molecule has 0 saturated carbocycles. The van der Waals surface area contributed by atoms with Crippen LogP contribution in [-0.2, 0) is 0 Å². The van der Waals surface area contributed by atoms with Crippen LogP contribution in [0.25, 0.3) is 16.9 Å². The number of fused-ring (bicyclic) bond motifs is 1. The Kier molecular flexibility index (Phi) is 3.12. The van der Waals surface area contributed by atoms with Gasteiger partial charge in [-0.1, -0.05) is 23.2 Å². The molecule has 0 aliphatic heterocycles. The minimum Gasteiger partial charge on any atom is -0.478 e. The van der Waals surface area contributed by atoms with E-state index in [9.17, 15) is 4.79 Å². The van der Waals surface area contributed by atoms with Crippen molar-refractivity contribution in [2.24, 2.45) is 0 Å². The molecule has 1 N–H and O–H groups in total. The zero-order valence-corrected chi connectivity index (χ0v) is 11.6. The summed E-state index contributed by atoms with van der Waals surface area (Å²) in [7, 11) is 0. The molecule has 0 aliphatic carbocycles. The number of hydrogen-bond acceptors (Lipinski definition) is 2. The van der Waals surface area contributed by atoms with Gasteiger partial charge in [-0.25, -0.2) is 9.78 Å². The van der Waals surface area contributed by atoms with Crippen LogP contribution in [0.5, 0.6) is 0 Å². The van der Waals surface area contributed by atoms with Gasteiger partial charge in [-0.05, 0) is 30.3 Å². The van der Waals surface area contributed by atoms with Crippen molar-refractivity contribution in [3.05, 3.63) is 58.3 Å². The zero-order valence-electron chi connectivity index (χ0n) is 10.0. The van der Waals surface area contributed by atoms with Crippen LogP contribution in [-0.4, -0.2) is 20.5 Å². The standard InChI is InChI=1S/C14H8Cl2N2O2/c15-8-3-4-9(11(16)6-8)12-7-18-5-1-2-10(14(19)20)13(18)17-12/h1-7H,(H,19,20). The molecule has 100 valence electrons. The molecule has 6 heteroatoms. The number of aromatic carboxylic acids is 1. The highest BCUT2D eigenvalue weighted by Crippen LogP contribution is 2.30. The Bertz CT molecular complexity index is 827. The van der Waals surface area contributed by atoms with Gasteiger partial charge in [0, 0.05) is 23.0 Å². The number of aromatic nitrogens is 2. The molecule has 20 heavy (non-hydrogen) atoms. The lowest BCUT2D eigenvalue weighted by atomic mass is 10.2. The smallest absolute Gasteiger partial charge is 0.339 e. The van der Waals surface area contributed by atoms with Crippen molar-refractivity contribution < 1.29 is 9.90 Å². The van der Waals surface area contributed by atoms with Crippen molar-refractivity contribution in [1.29, 1.82) is 0 Å². The Hall–Kier alpha value is -2.04. The second-order valence-corrected chi connectivity index (χ2v) is 5.05. The molecule has 3 rings (SSSR count). The summed E-state index contributed by atoms with van der Waals surface area (Å²) in [5, 5.41) is 10.2. The van der Waals surface area contributed by atoms with Gasteiger partial charge in [-0.3, -0.25) is 0 Å². The van der Waals surface area contributed by atoms with E-state index in [1.165, 1.54) is 6.07 Å². The number of imidazole rings is 1. The molecule has 2 aromatic heterocycles. The number of carboxylic acid groups (broad SMARTS) is 1. The summed E-state index contributed by atoms with van der Waals surface area (Å²) in [4.78, 5) is 15.5. The molecule has 0 amide bonds. The van der Waals surface area contributed by atoms with Crippen molar-refractivity contribution in [3.63, 3.8) is 0 Å². The topological polar surface area (TPSA) is 54.6 Å². The Labute approximate surface area is 124 Å². The van der Waals surface area contributed by atoms with E-state index in [-0.39, 0.29) is 5.56 Å². The number of hydrogen-bond donors (Lipinski definition) is 1. The maximum absolute atomic E-state index is 11.2. The van der Waals surface area contributed by atoms with Gasteiger partial charge in [0.2, 0.25) is 0 Å². The Morgan fingerprint density at radius 3 is 2.75 bits per heavy atom. The van der Waals surface area contributed by atoms with Gasteiger partial charge in [0.1, 0.15) is 5.56 Å². The van der Waals surface area contributed by atoms with E-state index in [4.69, 9.17) is 28.3 Å². The van der Waals surface area contributed by atoms with Gasteiger partial charge in [0.15, 0.2) is 5.65 Å². The van der Waals surface area contributed by atoms with E-state index in [1.807, 2.05) is 0 Å². The molecule has 0 spiro atoms. The first-order valence-electron chi connectivity index (χ1n) is 5.72. The van der Waals surface area contributed by atoms with Crippen LogP contribution in [0.1, 0.15) is 10.4 Å². The van der Waals surface area contributed by atoms with Gasteiger partial charge in [-0.15, -0.1) is 0 Å². The summed E-state index contributed by atoms with van der Waals surface area (Å²) in [5.74, 6) is -1.02. The first-order valence-corrected chi connectivity index (χ1v) is 6.48. The number of carbonyl (C=O) groups is 1. The predicted octanol–water partition coefficient (Wildman–Crippen LogP) is 4.01. The summed E-state index contributed by atoms with van der Waals surface area (Å²) >= 11 is 12.0. The predicted molar refractivity (Wildman–Crippen MR) is 77.6 cm³/mol. The molecule has 2 heterocycles. The molecule has 4 nitrogen and oxygen atoms in total. The first kappa shape index (κ1) is 13.0. The summed E-state index contributed by atoms with van der Waals surface area (Å²) < 4.78 is 1.66. The van der Waals surface area contributed by atoms with Crippen LogP contribution in [0.2, 0.25) is 10.0 Å².